The summed E-state index contributed by atoms with van der Waals surface area (Å²) in [4.78, 5) is 2.86. The van der Waals surface area contributed by atoms with E-state index in [2.05, 4.69) is 4.90 Å². The van der Waals surface area contributed by atoms with Gasteiger partial charge in [-0.1, -0.05) is 32.1 Å². The van der Waals surface area contributed by atoms with Gasteiger partial charge in [0, 0.05) is 12.6 Å². The van der Waals surface area contributed by atoms with Crippen molar-refractivity contribution >= 4 is 0 Å². The molecule has 0 aromatic rings. The maximum atomic E-state index is 6.24. The molecule has 3 rings (SSSR count). The van der Waals surface area contributed by atoms with Gasteiger partial charge in [-0.05, 0) is 62.9 Å². The quantitative estimate of drug-likeness (QED) is 0.790. The average molecular weight is 264 g/mol. The average Bonchev–Trinajstić information content (AvgIpc) is 2.80. The summed E-state index contributed by atoms with van der Waals surface area (Å²) in [7, 11) is 0. The Hall–Kier alpha value is -0.0800. The van der Waals surface area contributed by atoms with E-state index in [9.17, 15) is 0 Å². The van der Waals surface area contributed by atoms with Crippen molar-refractivity contribution in [2.75, 3.05) is 19.6 Å². The molecule has 110 valence electrons. The van der Waals surface area contributed by atoms with Crippen molar-refractivity contribution in [3.05, 3.63) is 0 Å². The molecule has 3 aliphatic rings. The summed E-state index contributed by atoms with van der Waals surface area (Å²) in [5.41, 5.74) is 6.69. The minimum absolute atomic E-state index is 0.459. The topological polar surface area (TPSA) is 29.3 Å². The number of hydrogen-bond donors (Lipinski definition) is 1. The summed E-state index contributed by atoms with van der Waals surface area (Å²) in [6.07, 6.45) is 15.8. The first-order chi connectivity index (χ1) is 9.33. The highest BCUT2D eigenvalue weighted by atomic mass is 15.2. The van der Waals surface area contributed by atoms with E-state index in [1.54, 1.807) is 0 Å². The second kappa shape index (κ2) is 6.13. The van der Waals surface area contributed by atoms with Crippen LogP contribution in [-0.4, -0.2) is 30.6 Å². The monoisotopic (exact) mass is 264 g/mol. The molecule has 0 aromatic carbocycles. The van der Waals surface area contributed by atoms with E-state index in [1.165, 1.54) is 83.7 Å². The predicted molar refractivity (Wildman–Crippen MR) is 81.1 cm³/mol. The van der Waals surface area contributed by atoms with Crippen LogP contribution in [0.4, 0.5) is 0 Å². The molecule has 2 atom stereocenters. The van der Waals surface area contributed by atoms with Gasteiger partial charge in [-0.3, -0.25) is 4.90 Å². The molecule has 2 saturated carbocycles. The van der Waals surface area contributed by atoms with E-state index in [-0.39, 0.29) is 0 Å². The molecule has 1 aliphatic heterocycles. The number of piperidine rings is 1. The predicted octanol–water partition coefficient (Wildman–Crippen LogP) is 3.55. The summed E-state index contributed by atoms with van der Waals surface area (Å²) in [6, 6.07) is 0.917. The number of likely N-dealkylation sites (tertiary alicyclic amines) is 1. The van der Waals surface area contributed by atoms with Crippen molar-refractivity contribution in [1.29, 1.82) is 0 Å². The van der Waals surface area contributed by atoms with Gasteiger partial charge in [-0.25, -0.2) is 0 Å². The fourth-order valence-corrected chi connectivity index (χ4v) is 5.09. The molecule has 0 bridgehead atoms. The Morgan fingerprint density at radius 3 is 2.37 bits per heavy atom. The highest BCUT2D eigenvalue weighted by Gasteiger charge is 2.39. The second-order valence-corrected chi connectivity index (χ2v) is 7.49. The number of nitrogens with zero attached hydrogens (tertiary/aromatic N) is 1. The van der Waals surface area contributed by atoms with Crippen molar-refractivity contribution in [1.82, 2.24) is 4.90 Å². The Balaban J connectivity index is 1.67. The van der Waals surface area contributed by atoms with Crippen molar-refractivity contribution < 1.29 is 0 Å². The molecule has 0 radical (unpaired) electrons. The molecular formula is C17H32N2. The van der Waals surface area contributed by atoms with Gasteiger partial charge >= 0.3 is 0 Å². The zero-order valence-electron chi connectivity index (χ0n) is 12.6. The van der Waals surface area contributed by atoms with Crippen LogP contribution in [0, 0.1) is 11.3 Å². The van der Waals surface area contributed by atoms with Crippen LogP contribution in [0.2, 0.25) is 0 Å². The zero-order valence-corrected chi connectivity index (χ0v) is 12.6. The van der Waals surface area contributed by atoms with E-state index in [1.807, 2.05) is 0 Å². The van der Waals surface area contributed by atoms with Crippen LogP contribution in [0.25, 0.3) is 0 Å². The van der Waals surface area contributed by atoms with Crippen molar-refractivity contribution in [2.45, 2.75) is 76.7 Å². The summed E-state index contributed by atoms with van der Waals surface area (Å²) in [5, 5.41) is 0. The first kappa shape index (κ1) is 13.9. The van der Waals surface area contributed by atoms with Gasteiger partial charge in [0.05, 0.1) is 0 Å². The zero-order chi connectivity index (χ0) is 13.1. The van der Waals surface area contributed by atoms with Gasteiger partial charge in [-0.15, -0.1) is 0 Å². The summed E-state index contributed by atoms with van der Waals surface area (Å²) < 4.78 is 0. The molecule has 2 N–H and O–H groups in total. The third-order valence-corrected chi connectivity index (χ3v) is 6.24. The highest BCUT2D eigenvalue weighted by Crippen LogP contribution is 2.41. The molecule has 0 amide bonds. The van der Waals surface area contributed by atoms with Crippen LogP contribution >= 0.6 is 0 Å². The standard InChI is InChI=1S/C17H32N2/c18-13-17(10-3-1-2-4-11-17)14-19-12-6-8-15-7-5-9-16(15)19/h15-16H,1-14,18H2. The number of fused-ring (bicyclic) bond motifs is 1. The first-order valence-corrected chi connectivity index (χ1v) is 8.77. The van der Waals surface area contributed by atoms with E-state index in [0.29, 0.717) is 5.41 Å². The van der Waals surface area contributed by atoms with Crippen LogP contribution in [0.1, 0.15) is 70.6 Å². The van der Waals surface area contributed by atoms with Crippen LogP contribution < -0.4 is 5.73 Å². The first-order valence-electron chi connectivity index (χ1n) is 8.77. The fourth-order valence-electron chi connectivity index (χ4n) is 5.09. The van der Waals surface area contributed by atoms with Gasteiger partial charge in [0.15, 0.2) is 0 Å². The third-order valence-electron chi connectivity index (χ3n) is 6.24. The lowest BCUT2D eigenvalue weighted by atomic mass is 9.78. The molecule has 0 spiro atoms. The summed E-state index contributed by atoms with van der Waals surface area (Å²) in [5.74, 6) is 1.02. The molecule has 19 heavy (non-hydrogen) atoms. The van der Waals surface area contributed by atoms with Crippen molar-refractivity contribution in [3.8, 4) is 0 Å². The minimum atomic E-state index is 0.459. The van der Waals surface area contributed by atoms with E-state index >= 15 is 0 Å². The second-order valence-electron chi connectivity index (χ2n) is 7.49. The lowest BCUT2D eigenvalue weighted by Gasteiger charge is -2.44. The van der Waals surface area contributed by atoms with Gasteiger partial charge in [-0.2, -0.15) is 0 Å². The lowest BCUT2D eigenvalue weighted by Crippen LogP contribution is -2.50. The fraction of sp³-hybridized carbons (Fsp3) is 1.00. The van der Waals surface area contributed by atoms with E-state index < -0.39 is 0 Å². The lowest BCUT2D eigenvalue weighted by molar-refractivity contribution is 0.0540. The molecular weight excluding hydrogens is 232 g/mol. The highest BCUT2D eigenvalue weighted by molar-refractivity contribution is 4.93. The Labute approximate surface area is 119 Å². The minimum Gasteiger partial charge on any atom is -0.330 e. The van der Waals surface area contributed by atoms with Gasteiger partial charge in [0.25, 0.3) is 0 Å². The Morgan fingerprint density at radius 2 is 1.63 bits per heavy atom. The number of rotatable bonds is 3. The molecule has 0 aromatic heterocycles. The van der Waals surface area contributed by atoms with Crippen molar-refractivity contribution in [3.63, 3.8) is 0 Å². The molecule has 2 nitrogen and oxygen atoms in total. The number of nitrogens with two attached hydrogens (primary N) is 1. The maximum absolute atomic E-state index is 6.24. The summed E-state index contributed by atoms with van der Waals surface area (Å²) in [6.45, 7) is 3.58. The van der Waals surface area contributed by atoms with Gasteiger partial charge in [0.1, 0.15) is 0 Å². The van der Waals surface area contributed by atoms with Crippen LogP contribution in [0.3, 0.4) is 0 Å². The summed E-state index contributed by atoms with van der Waals surface area (Å²) >= 11 is 0. The molecule has 2 aliphatic carbocycles. The van der Waals surface area contributed by atoms with Crippen LogP contribution in [0.5, 0.6) is 0 Å². The third kappa shape index (κ3) is 3.00. The molecule has 2 unspecified atom stereocenters. The molecule has 1 saturated heterocycles. The number of hydrogen-bond acceptors (Lipinski definition) is 2. The van der Waals surface area contributed by atoms with E-state index in [0.717, 1.165) is 18.5 Å². The molecule has 2 heteroatoms. The van der Waals surface area contributed by atoms with E-state index in [4.69, 9.17) is 5.73 Å². The molecule has 3 fully saturated rings. The SMILES string of the molecule is NCC1(CN2CCCC3CCCC32)CCCCCC1. The van der Waals surface area contributed by atoms with Crippen LogP contribution in [0.15, 0.2) is 0 Å². The van der Waals surface area contributed by atoms with Gasteiger partial charge in [0.2, 0.25) is 0 Å². The smallest absolute Gasteiger partial charge is 0.0124 e. The maximum Gasteiger partial charge on any atom is 0.0124 e. The molecule has 1 heterocycles. The van der Waals surface area contributed by atoms with Crippen molar-refractivity contribution in [2.24, 2.45) is 17.1 Å². The van der Waals surface area contributed by atoms with Crippen LogP contribution in [-0.2, 0) is 0 Å². The Kier molecular flexibility index (Phi) is 4.48. The largest absolute Gasteiger partial charge is 0.330 e. The Morgan fingerprint density at radius 1 is 0.895 bits per heavy atom. The van der Waals surface area contributed by atoms with Gasteiger partial charge < -0.3 is 5.73 Å². The Bertz CT molecular complexity index is 281. The normalized spacial score (nSPS) is 35.8.